The van der Waals surface area contributed by atoms with E-state index in [1.54, 1.807) is 0 Å². The molecule has 0 bridgehead atoms. The Balaban J connectivity index is 1.93. The smallest absolute Gasteiger partial charge is 0.251 e. The van der Waals surface area contributed by atoms with Crippen LogP contribution < -0.4 is 10.6 Å². The van der Waals surface area contributed by atoms with E-state index in [2.05, 4.69) is 24.5 Å². The lowest BCUT2D eigenvalue weighted by Gasteiger charge is -2.24. The highest BCUT2D eigenvalue weighted by atomic mass is 16.1. The molecule has 21 heavy (non-hydrogen) atoms. The predicted molar refractivity (Wildman–Crippen MR) is 87.5 cm³/mol. The number of hydrogen-bond donors (Lipinski definition) is 2. The van der Waals surface area contributed by atoms with Gasteiger partial charge in [-0.3, -0.25) is 4.79 Å². The van der Waals surface area contributed by atoms with Gasteiger partial charge in [-0.15, -0.1) is 0 Å². The van der Waals surface area contributed by atoms with Gasteiger partial charge in [0.25, 0.3) is 5.91 Å². The third-order valence-corrected chi connectivity index (χ3v) is 3.45. The fourth-order valence-electron chi connectivity index (χ4n) is 2.10. The van der Waals surface area contributed by atoms with E-state index in [4.69, 9.17) is 0 Å². The van der Waals surface area contributed by atoms with Gasteiger partial charge in [-0.2, -0.15) is 0 Å². The second kappa shape index (κ2) is 7.48. The SMILES string of the molecule is CC(C)[C@@H](CNC(=O)c1ccccc1)Nc1ccccc1. The summed E-state index contributed by atoms with van der Waals surface area (Å²) in [7, 11) is 0. The van der Waals surface area contributed by atoms with E-state index in [1.165, 1.54) is 0 Å². The van der Waals surface area contributed by atoms with E-state index in [-0.39, 0.29) is 11.9 Å². The maximum Gasteiger partial charge on any atom is 0.251 e. The van der Waals surface area contributed by atoms with Crippen molar-refractivity contribution in [3.05, 3.63) is 66.2 Å². The van der Waals surface area contributed by atoms with E-state index < -0.39 is 0 Å². The Hall–Kier alpha value is -2.29. The zero-order valence-electron chi connectivity index (χ0n) is 12.5. The Kier molecular flexibility index (Phi) is 5.38. The van der Waals surface area contributed by atoms with Crippen molar-refractivity contribution in [1.82, 2.24) is 5.32 Å². The number of nitrogens with one attached hydrogen (secondary N) is 2. The zero-order valence-corrected chi connectivity index (χ0v) is 12.5. The summed E-state index contributed by atoms with van der Waals surface area (Å²) in [5.74, 6) is 0.386. The van der Waals surface area contributed by atoms with Crippen LogP contribution in [-0.4, -0.2) is 18.5 Å². The molecule has 1 atom stereocenters. The van der Waals surface area contributed by atoms with Crippen molar-refractivity contribution >= 4 is 11.6 Å². The molecule has 0 aliphatic rings. The summed E-state index contributed by atoms with van der Waals surface area (Å²) in [6.45, 7) is 4.89. The maximum absolute atomic E-state index is 12.1. The number of carbonyl (C=O) groups excluding carboxylic acids is 1. The van der Waals surface area contributed by atoms with E-state index in [9.17, 15) is 4.79 Å². The first-order valence-electron chi connectivity index (χ1n) is 7.31. The van der Waals surface area contributed by atoms with Gasteiger partial charge in [-0.05, 0) is 30.2 Å². The van der Waals surface area contributed by atoms with E-state index in [0.29, 0.717) is 18.0 Å². The molecule has 2 N–H and O–H groups in total. The van der Waals surface area contributed by atoms with Gasteiger partial charge >= 0.3 is 0 Å². The minimum Gasteiger partial charge on any atom is -0.380 e. The van der Waals surface area contributed by atoms with Gasteiger partial charge in [0.15, 0.2) is 0 Å². The summed E-state index contributed by atoms with van der Waals surface area (Å²) in [6, 6.07) is 19.6. The zero-order chi connectivity index (χ0) is 15.1. The first kappa shape index (κ1) is 15.1. The molecule has 0 saturated heterocycles. The van der Waals surface area contributed by atoms with Crippen LogP contribution in [-0.2, 0) is 0 Å². The summed E-state index contributed by atoms with van der Waals surface area (Å²) in [4.78, 5) is 12.1. The number of amides is 1. The van der Waals surface area contributed by atoms with Gasteiger partial charge in [0, 0.05) is 23.8 Å². The quantitative estimate of drug-likeness (QED) is 0.850. The molecule has 0 spiro atoms. The molecule has 1 amide bonds. The Morgan fingerprint density at radius 3 is 2.10 bits per heavy atom. The average Bonchev–Trinajstić information content (AvgIpc) is 2.52. The van der Waals surface area contributed by atoms with E-state index in [0.717, 1.165) is 5.69 Å². The number of anilines is 1. The molecule has 0 heterocycles. The first-order valence-corrected chi connectivity index (χ1v) is 7.31. The van der Waals surface area contributed by atoms with Gasteiger partial charge in [-0.1, -0.05) is 50.2 Å². The van der Waals surface area contributed by atoms with Crippen LogP contribution in [0.15, 0.2) is 60.7 Å². The van der Waals surface area contributed by atoms with E-state index >= 15 is 0 Å². The van der Waals surface area contributed by atoms with Crippen molar-refractivity contribution in [3.63, 3.8) is 0 Å². The number of hydrogen-bond acceptors (Lipinski definition) is 2. The Labute approximate surface area is 126 Å². The molecule has 0 aliphatic heterocycles. The third-order valence-electron chi connectivity index (χ3n) is 3.45. The van der Waals surface area contributed by atoms with Crippen molar-refractivity contribution in [3.8, 4) is 0 Å². The molecule has 0 aliphatic carbocycles. The molecule has 0 radical (unpaired) electrons. The minimum atomic E-state index is -0.0314. The fraction of sp³-hybridized carbons (Fsp3) is 0.278. The van der Waals surface area contributed by atoms with Crippen LogP contribution in [0.2, 0.25) is 0 Å². The van der Waals surface area contributed by atoms with Crippen molar-refractivity contribution in [2.24, 2.45) is 5.92 Å². The number of rotatable bonds is 6. The lowest BCUT2D eigenvalue weighted by molar-refractivity contribution is 0.0950. The molecule has 110 valence electrons. The summed E-state index contributed by atoms with van der Waals surface area (Å²) in [6.07, 6.45) is 0. The molecule has 2 aromatic carbocycles. The lowest BCUT2D eigenvalue weighted by Crippen LogP contribution is -2.39. The van der Waals surface area contributed by atoms with Gasteiger partial charge in [-0.25, -0.2) is 0 Å². The number of para-hydroxylation sites is 1. The van der Waals surface area contributed by atoms with Crippen molar-refractivity contribution in [1.29, 1.82) is 0 Å². The molecule has 0 saturated carbocycles. The van der Waals surface area contributed by atoms with Crippen LogP contribution in [0, 0.1) is 5.92 Å². The molecule has 3 nitrogen and oxygen atoms in total. The standard InChI is InChI=1S/C18H22N2O/c1-14(2)17(20-16-11-7-4-8-12-16)13-19-18(21)15-9-5-3-6-10-15/h3-12,14,17,20H,13H2,1-2H3,(H,19,21)/t17-/m1/s1. The number of carbonyl (C=O) groups is 1. The van der Waals surface area contributed by atoms with Crippen molar-refractivity contribution in [2.75, 3.05) is 11.9 Å². The molecule has 2 aromatic rings. The van der Waals surface area contributed by atoms with E-state index in [1.807, 2.05) is 60.7 Å². The molecular formula is C18H22N2O. The van der Waals surface area contributed by atoms with Gasteiger partial charge in [0.2, 0.25) is 0 Å². The van der Waals surface area contributed by atoms with Crippen molar-refractivity contribution in [2.45, 2.75) is 19.9 Å². The summed E-state index contributed by atoms with van der Waals surface area (Å²) in [5, 5.41) is 6.47. The second-order valence-corrected chi connectivity index (χ2v) is 5.44. The highest BCUT2D eigenvalue weighted by Gasteiger charge is 2.14. The molecule has 2 rings (SSSR count). The van der Waals surface area contributed by atoms with Crippen LogP contribution in [0.5, 0.6) is 0 Å². The molecule has 3 heteroatoms. The van der Waals surface area contributed by atoms with Crippen LogP contribution in [0.25, 0.3) is 0 Å². The molecule has 0 unspecified atom stereocenters. The maximum atomic E-state index is 12.1. The van der Waals surface area contributed by atoms with Gasteiger partial charge in [0.1, 0.15) is 0 Å². The predicted octanol–water partition coefficient (Wildman–Crippen LogP) is 3.55. The lowest BCUT2D eigenvalue weighted by atomic mass is 10.0. The normalized spacial score (nSPS) is 12.0. The summed E-state index contributed by atoms with van der Waals surface area (Å²) < 4.78 is 0. The first-order chi connectivity index (χ1) is 10.2. The topological polar surface area (TPSA) is 41.1 Å². The molecular weight excluding hydrogens is 260 g/mol. The molecule has 0 fully saturated rings. The second-order valence-electron chi connectivity index (χ2n) is 5.44. The molecule has 0 aromatic heterocycles. The minimum absolute atomic E-state index is 0.0314. The number of benzene rings is 2. The van der Waals surface area contributed by atoms with Gasteiger partial charge in [0.05, 0.1) is 0 Å². The van der Waals surface area contributed by atoms with Crippen LogP contribution in [0.1, 0.15) is 24.2 Å². The Morgan fingerprint density at radius 2 is 1.52 bits per heavy atom. The summed E-state index contributed by atoms with van der Waals surface area (Å²) in [5.41, 5.74) is 1.77. The highest BCUT2D eigenvalue weighted by Crippen LogP contribution is 2.12. The largest absolute Gasteiger partial charge is 0.380 e. The fourth-order valence-corrected chi connectivity index (χ4v) is 2.10. The monoisotopic (exact) mass is 282 g/mol. The summed E-state index contributed by atoms with van der Waals surface area (Å²) >= 11 is 0. The van der Waals surface area contributed by atoms with Gasteiger partial charge < -0.3 is 10.6 Å². The third kappa shape index (κ3) is 4.63. The average molecular weight is 282 g/mol. The van der Waals surface area contributed by atoms with Crippen LogP contribution in [0.3, 0.4) is 0 Å². The van der Waals surface area contributed by atoms with Crippen LogP contribution in [0.4, 0.5) is 5.69 Å². The Morgan fingerprint density at radius 1 is 0.952 bits per heavy atom. The van der Waals surface area contributed by atoms with Crippen LogP contribution >= 0.6 is 0 Å². The van der Waals surface area contributed by atoms with Crippen molar-refractivity contribution < 1.29 is 4.79 Å². The Bertz CT molecular complexity index is 552. The highest BCUT2D eigenvalue weighted by molar-refractivity contribution is 5.94.